The maximum Gasteiger partial charge on any atom is 0.119 e. The van der Waals surface area contributed by atoms with E-state index in [4.69, 9.17) is 4.74 Å². The molecule has 1 N–H and O–H groups in total. The second-order valence-corrected chi connectivity index (χ2v) is 3.54. The third kappa shape index (κ3) is 5.37. The lowest BCUT2D eigenvalue weighted by molar-refractivity contribution is 0.362. The quantitative estimate of drug-likeness (QED) is 0.560. The van der Waals surface area contributed by atoms with E-state index in [1.807, 2.05) is 36.4 Å². The Balaban J connectivity index is 2.15. The summed E-state index contributed by atoms with van der Waals surface area (Å²) in [6.07, 6.45) is 5.91. The van der Waals surface area contributed by atoms with Gasteiger partial charge < -0.3 is 10.1 Å². The molecule has 0 fully saturated rings. The molecule has 2 heteroatoms. The van der Waals surface area contributed by atoms with Crippen LogP contribution in [0.2, 0.25) is 0 Å². The van der Waals surface area contributed by atoms with E-state index in [1.54, 1.807) is 0 Å². The molecule has 2 nitrogen and oxygen atoms in total. The summed E-state index contributed by atoms with van der Waals surface area (Å²) < 4.78 is 5.53. The van der Waals surface area contributed by atoms with Crippen molar-refractivity contribution < 1.29 is 4.74 Å². The van der Waals surface area contributed by atoms with E-state index in [1.165, 1.54) is 5.56 Å². The van der Waals surface area contributed by atoms with E-state index in [-0.39, 0.29) is 0 Å². The Hall–Kier alpha value is -1.54. The van der Waals surface area contributed by atoms with Crippen LogP contribution in [0.1, 0.15) is 5.56 Å². The number of hydrogen-bond donors (Lipinski definition) is 1. The second kappa shape index (κ2) is 7.71. The Morgan fingerprint density at radius 1 is 1.19 bits per heavy atom. The minimum Gasteiger partial charge on any atom is -0.490 e. The summed E-state index contributed by atoms with van der Waals surface area (Å²) >= 11 is 0. The van der Waals surface area contributed by atoms with Crippen molar-refractivity contribution >= 4 is 0 Å². The van der Waals surface area contributed by atoms with E-state index in [9.17, 15) is 0 Å². The van der Waals surface area contributed by atoms with Crippen LogP contribution in [0.3, 0.4) is 0 Å². The molecule has 0 heterocycles. The van der Waals surface area contributed by atoms with E-state index in [0.717, 1.165) is 18.8 Å². The first-order valence-corrected chi connectivity index (χ1v) is 5.49. The predicted molar refractivity (Wildman–Crippen MR) is 68.9 cm³/mol. The van der Waals surface area contributed by atoms with Crippen LogP contribution in [-0.4, -0.2) is 19.7 Å². The summed E-state index contributed by atoms with van der Waals surface area (Å²) in [6.45, 7) is 7.99. The number of hydrogen-bond acceptors (Lipinski definition) is 2. The Kier molecular flexibility index (Phi) is 6.04. The Morgan fingerprint density at radius 3 is 2.62 bits per heavy atom. The van der Waals surface area contributed by atoms with Crippen molar-refractivity contribution in [1.82, 2.24) is 5.32 Å². The van der Waals surface area contributed by atoms with Gasteiger partial charge in [0.1, 0.15) is 12.4 Å². The molecule has 0 unspecified atom stereocenters. The molecule has 0 aliphatic heterocycles. The van der Waals surface area contributed by atoms with E-state index < -0.39 is 0 Å². The van der Waals surface area contributed by atoms with Crippen LogP contribution < -0.4 is 10.1 Å². The van der Waals surface area contributed by atoms with Gasteiger partial charge >= 0.3 is 0 Å². The van der Waals surface area contributed by atoms with Crippen LogP contribution in [0.15, 0.2) is 49.1 Å². The van der Waals surface area contributed by atoms with E-state index >= 15 is 0 Å². The Labute approximate surface area is 97.6 Å². The van der Waals surface area contributed by atoms with Crippen molar-refractivity contribution in [3.63, 3.8) is 0 Å². The van der Waals surface area contributed by atoms with Gasteiger partial charge in [-0.15, -0.1) is 6.58 Å². The fraction of sp³-hybridized carbons (Fsp3) is 0.286. The van der Waals surface area contributed by atoms with Gasteiger partial charge in [-0.1, -0.05) is 35.9 Å². The zero-order chi connectivity index (χ0) is 11.6. The fourth-order valence-corrected chi connectivity index (χ4v) is 1.20. The van der Waals surface area contributed by atoms with Gasteiger partial charge in [0.15, 0.2) is 0 Å². The highest BCUT2D eigenvalue weighted by molar-refractivity contribution is 5.26. The maximum atomic E-state index is 5.53. The smallest absolute Gasteiger partial charge is 0.119 e. The van der Waals surface area contributed by atoms with Crippen LogP contribution in [0.4, 0.5) is 0 Å². The lowest BCUT2D eigenvalue weighted by atomic mass is 10.2. The molecule has 0 saturated carbocycles. The summed E-state index contributed by atoms with van der Waals surface area (Å²) in [4.78, 5) is 0. The molecule has 0 aromatic heterocycles. The van der Waals surface area contributed by atoms with Crippen LogP contribution >= 0.6 is 0 Å². The summed E-state index contributed by atoms with van der Waals surface area (Å²) in [5, 5.41) is 3.18. The zero-order valence-electron chi connectivity index (χ0n) is 9.78. The summed E-state index contributed by atoms with van der Waals surface area (Å²) in [5.74, 6) is 0.911. The molecule has 0 bridgehead atoms. The van der Waals surface area contributed by atoms with Crippen molar-refractivity contribution in [3.05, 3.63) is 54.6 Å². The number of aryl methyl sites for hydroxylation is 1. The van der Waals surface area contributed by atoms with Crippen LogP contribution in [-0.2, 0) is 0 Å². The molecular formula is C14H19NO. The first-order chi connectivity index (χ1) is 7.83. The first kappa shape index (κ1) is 12.5. The highest BCUT2D eigenvalue weighted by Gasteiger charge is 1.89. The molecule has 0 amide bonds. The lowest BCUT2D eigenvalue weighted by Gasteiger charge is -2.02. The largest absolute Gasteiger partial charge is 0.490 e. The van der Waals surface area contributed by atoms with Gasteiger partial charge in [0.05, 0.1) is 0 Å². The van der Waals surface area contributed by atoms with Crippen LogP contribution in [0.5, 0.6) is 5.75 Å². The average Bonchev–Trinajstić information content (AvgIpc) is 2.30. The molecule has 0 atom stereocenters. The molecule has 0 spiro atoms. The fourth-order valence-electron chi connectivity index (χ4n) is 1.20. The topological polar surface area (TPSA) is 21.3 Å². The van der Waals surface area contributed by atoms with Gasteiger partial charge in [-0.05, 0) is 19.1 Å². The van der Waals surface area contributed by atoms with Gasteiger partial charge in [0.2, 0.25) is 0 Å². The van der Waals surface area contributed by atoms with Gasteiger partial charge in [0, 0.05) is 13.1 Å². The number of ether oxygens (including phenoxy) is 1. The average molecular weight is 217 g/mol. The summed E-state index contributed by atoms with van der Waals surface area (Å²) in [6, 6.07) is 8.06. The molecular weight excluding hydrogens is 198 g/mol. The highest BCUT2D eigenvalue weighted by Crippen LogP contribution is 2.10. The molecule has 1 rings (SSSR count). The number of rotatable bonds is 7. The third-order valence-electron chi connectivity index (χ3n) is 2.08. The SMILES string of the molecule is C=CCNCC=CCOc1ccc(C)cc1. The van der Waals surface area contributed by atoms with Crippen LogP contribution in [0, 0.1) is 6.92 Å². The third-order valence-corrected chi connectivity index (χ3v) is 2.08. The van der Waals surface area contributed by atoms with Gasteiger partial charge in [0.25, 0.3) is 0 Å². The molecule has 1 aromatic rings. The van der Waals surface area contributed by atoms with Crippen molar-refractivity contribution in [1.29, 1.82) is 0 Å². The lowest BCUT2D eigenvalue weighted by Crippen LogP contribution is -2.12. The van der Waals surface area contributed by atoms with Gasteiger partial charge in [-0.3, -0.25) is 0 Å². The molecule has 0 saturated heterocycles. The van der Waals surface area contributed by atoms with Crippen molar-refractivity contribution in [2.75, 3.05) is 19.7 Å². The van der Waals surface area contributed by atoms with Gasteiger partial charge in [-0.25, -0.2) is 0 Å². The normalized spacial score (nSPS) is 10.6. The summed E-state index contributed by atoms with van der Waals surface area (Å²) in [7, 11) is 0. The Morgan fingerprint density at radius 2 is 1.94 bits per heavy atom. The van der Waals surface area contributed by atoms with Crippen molar-refractivity contribution in [2.45, 2.75) is 6.92 Å². The van der Waals surface area contributed by atoms with E-state index in [2.05, 4.69) is 24.9 Å². The minimum atomic E-state index is 0.610. The zero-order valence-corrected chi connectivity index (χ0v) is 9.78. The maximum absolute atomic E-state index is 5.53. The summed E-state index contributed by atoms with van der Waals surface area (Å²) in [5.41, 5.74) is 1.25. The number of benzene rings is 1. The molecule has 86 valence electrons. The predicted octanol–water partition coefficient (Wildman–Crippen LogP) is 2.71. The monoisotopic (exact) mass is 217 g/mol. The molecule has 16 heavy (non-hydrogen) atoms. The van der Waals surface area contributed by atoms with Crippen molar-refractivity contribution in [3.8, 4) is 5.75 Å². The number of nitrogens with one attached hydrogen (secondary N) is 1. The van der Waals surface area contributed by atoms with E-state index in [0.29, 0.717) is 6.61 Å². The first-order valence-electron chi connectivity index (χ1n) is 5.49. The second-order valence-electron chi connectivity index (χ2n) is 3.54. The van der Waals surface area contributed by atoms with Crippen LogP contribution in [0.25, 0.3) is 0 Å². The highest BCUT2D eigenvalue weighted by atomic mass is 16.5. The molecule has 1 aromatic carbocycles. The standard InChI is InChI=1S/C14H19NO/c1-3-10-15-11-4-5-12-16-14-8-6-13(2)7-9-14/h3-9,15H,1,10-12H2,2H3. The molecule has 0 aliphatic rings. The van der Waals surface area contributed by atoms with Gasteiger partial charge in [-0.2, -0.15) is 0 Å². The Bertz CT molecular complexity index is 327. The molecule has 0 radical (unpaired) electrons. The molecule has 0 aliphatic carbocycles. The van der Waals surface area contributed by atoms with Crippen molar-refractivity contribution in [2.24, 2.45) is 0 Å². The minimum absolute atomic E-state index is 0.610.